The Hall–Kier alpha value is -1.26. The van der Waals surface area contributed by atoms with Gasteiger partial charge in [-0.15, -0.1) is 10.2 Å². The van der Waals surface area contributed by atoms with Crippen molar-refractivity contribution in [2.45, 2.75) is 38.7 Å². The lowest BCUT2D eigenvalue weighted by Gasteiger charge is -2.23. The Labute approximate surface area is 117 Å². The van der Waals surface area contributed by atoms with Crippen LogP contribution in [0.3, 0.4) is 0 Å². The van der Waals surface area contributed by atoms with Crippen molar-refractivity contribution >= 4 is 11.3 Å². The number of hydrogen-bond acceptors (Lipinski definition) is 4. The van der Waals surface area contributed by atoms with Gasteiger partial charge in [-0.2, -0.15) is 0 Å². The first-order chi connectivity index (χ1) is 9.33. The maximum absolute atomic E-state index is 5.85. The van der Waals surface area contributed by atoms with E-state index in [9.17, 15) is 0 Å². The van der Waals surface area contributed by atoms with Gasteiger partial charge in [0.25, 0.3) is 0 Å². The minimum atomic E-state index is 0.365. The van der Waals surface area contributed by atoms with E-state index in [1.807, 2.05) is 6.92 Å². The molecule has 4 heteroatoms. The van der Waals surface area contributed by atoms with E-state index in [1.54, 1.807) is 11.3 Å². The minimum absolute atomic E-state index is 0.365. The summed E-state index contributed by atoms with van der Waals surface area (Å²) in [5.41, 5.74) is 2.54. The van der Waals surface area contributed by atoms with E-state index < -0.39 is 0 Å². The van der Waals surface area contributed by atoms with E-state index in [-0.39, 0.29) is 0 Å². The van der Waals surface area contributed by atoms with Gasteiger partial charge in [-0.3, -0.25) is 0 Å². The highest BCUT2D eigenvalue weighted by atomic mass is 32.1. The number of ether oxygens (including phenoxy) is 1. The van der Waals surface area contributed by atoms with Crippen LogP contribution in [0.15, 0.2) is 24.3 Å². The Morgan fingerprint density at radius 1 is 1.26 bits per heavy atom. The maximum atomic E-state index is 5.85. The fourth-order valence-corrected chi connectivity index (χ4v) is 3.28. The molecule has 0 bridgehead atoms. The molecule has 1 saturated heterocycles. The van der Waals surface area contributed by atoms with Crippen molar-refractivity contribution in [1.29, 1.82) is 0 Å². The average Bonchev–Trinajstić information content (AvgIpc) is 2.87. The SMILES string of the molecule is Cc1nnc(-c2ccccc2C[C@H]2CCCCO2)s1. The van der Waals surface area contributed by atoms with Crippen molar-refractivity contribution in [3.05, 3.63) is 34.8 Å². The highest BCUT2D eigenvalue weighted by Crippen LogP contribution is 2.29. The zero-order valence-electron chi connectivity index (χ0n) is 11.1. The Bertz CT molecular complexity index is 547. The van der Waals surface area contributed by atoms with Crippen LogP contribution in [0.25, 0.3) is 10.6 Å². The molecule has 1 aromatic heterocycles. The summed E-state index contributed by atoms with van der Waals surface area (Å²) in [5, 5.41) is 10.4. The first kappa shape index (κ1) is 12.8. The van der Waals surface area contributed by atoms with Crippen molar-refractivity contribution in [2.24, 2.45) is 0 Å². The minimum Gasteiger partial charge on any atom is -0.378 e. The Kier molecular flexibility index (Phi) is 3.89. The van der Waals surface area contributed by atoms with Crippen LogP contribution in [-0.4, -0.2) is 22.9 Å². The Morgan fingerprint density at radius 3 is 2.89 bits per heavy atom. The van der Waals surface area contributed by atoms with Crippen LogP contribution in [0, 0.1) is 6.92 Å². The van der Waals surface area contributed by atoms with Crippen molar-refractivity contribution in [1.82, 2.24) is 10.2 Å². The predicted octanol–water partition coefficient (Wildman–Crippen LogP) is 3.63. The van der Waals surface area contributed by atoms with Crippen LogP contribution in [-0.2, 0) is 11.2 Å². The Balaban J connectivity index is 1.84. The first-order valence-corrected chi connectivity index (χ1v) is 7.64. The summed E-state index contributed by atoms with van der Waals surface area (Å²) in [6.45, 7) is 2.90. The second-order valence-electron chi connectivity index (χ2n) is 4.98. The summed E-state index contributed by atoms with van der Waals surface area (Å²) in [6, 6.07) is 8.48. The zero-order chi connectivity index (χ0) is 13.1. The molecule has 0 saturated carbocycles. The molecule has 3 rings (SSSR count). The second-order valence-corrected chi connectivity index (χ2v) is 6.16. The van der Waals surface area contributed by atoms with E-state index in [0.29, 0.717) is 6.10 Å². The molecule has 0 amide bonds. The largest absolute Gasteiger partial charge is 0.378 e. The van der Waals surface area contributed by atoms with E-state index in [2.05, 4.69) is 34.5 Å². The summed E-state index contributed by atoms with van der Waals surface area (Å²) in [4.78, 5) is 0. The summed E-state index contributed by atoms with van der Waals surface area (Å²) < 4.78 is 5.85. The number of hydrogen-bond donors (Lipinski definition) is 0. The lowest BCUT2D eigenvalue weighted by Crippen LogP contribution is -2.21. The fraction of sp³-hybridized carbons (Fsp3) is 0.467. The smallest absolute Gasteiger partial charge is 0.148 e. The van der Waals surface area contributed by atoms with Gasteiger partial charge in [-0.25, -0.2) is 0 Å². The molecule has 1 fully saturated rings. The van der Waals surface area contributed by atoms with Crippen molar-refractivity contribution in [2.75, 3.05) is 6.61 Å². The number of aryl methyl sites for hydroxylation is 1. The van der Waals surface area contributed by atoms with Gasteiger partial charge in [0.15, 0.2) is 0 Å². The third-order valence-corrected chi connectivity index (χ3v) is 4.37. The molecule has 0 radical (unpaired) electrons. The molecule has 1 aromatic carbocycles. The summed E-state index contributed by atoms with van der Waals surface area (Å²) in [5.74, 6) is 0. The van der Waals surface area contributed by atoms with Crippen LogP contribution < -0.4 is 0 Å². The van der Waals surface area contributed by atoms with E-state index >= 15 is 0 Å². The molecule has 0 unspecified atom stereocenters. The van der Waals surface area contributed by atoms with Crippen LogP contribution in [0.4, 0.5) is 0 Å². The molecule has 100 valence electrons. The van der Waals surface area contributed by atoms with E-state index in [1.165, 1.54) is 30.4 Å². The molecule has 1 aliphatic rings. The van der Waals surface area contributed by atoms with Crippen molar-refractivity contribution in [3.8, 4) is 10.6 Å². The molecule has 19 heavy (non-hydrogen) atoms. The summed E-state index contributed by atoms with van der Waals surface area (Å²) in [7, 11) is 0. The molecule has 0 aliphatic carbocycles. The Morgan fingerprint density at radius 2 is 2.16 bits per heavy atom. The summed E-state index contributed by atoms with van der Waals surface area (Å²) >= 11 is 1.65. The molecule has 1 atom stereocenters. The molecular formula is C15H18N2OS. The van der Waals surface area contributed by atoms with Gasteiger partial charge in [0.1, 0.15) is 10.0 Å². The molecule has 3 nitrogen and oxygen atoms in total. The lowest BCUT2D eigenvalue weighted by atomic mass is 9.98. The monoisotopic (exact) mass is 274 g/mol. The lowest BCUT2D eigenvalue weighted by molar-refractivity contribution is 0.0168. The molecule has 1 aliphatic heterocycles. The molecule has 2 heterocycles. The topological polar surface area (TPSA) is 35.0 Å². The van der Waals surface area contributed by atoms with E-state index in [4.69, 9.17) is 4.74 Å². The van der Waals surface area contributed by atoms with Gasteiger partial charge >= 0.3 is 0 Å². The van der Waals surface area contributed by atoms with Crippen LogP contribution in [0.5, 0.6) is 0 Å². The zero-order valence-corrected chi connectivity index (χ0v) is 11.9. The normalized spacial score (nSPS) is 19.5. The number of aromatic nitrogens is 2. The van der Waals surface area contributed by atoms with Gasteiger partial charge < -0.3 is 4.74 Å². The van der Waals surface area contributed by atoms with Gasteiger partial charge in [0, 0.05) is 12.2 Å². The van der Waals surface area contributed by atoms with Gasteiger partial charge in [-0.1, -0.05) is 35.6 Å². The summed E-state index contributed by atoms with van der Waals surface area (Å²) in [6.07, 6.45) is 5.00. The highest BCUT2D eigenvalue weighted by molar-refractivity contribution is 7.14. The first-order valence-electron chi connectivity index (χ1n) is 6.83. The third kappa shape index (κ3) is 3.01. The third-order valence-electron chi connectivity index (χ3n) is 3.50. The molecular weight excluding hydrogens is 256 g/mol. The van der Waals surface area contributed by atoms with Crippen LogP contribution in [0.2, 0.25) is 0 Å². The number of rotatable bonds is 3. The highest BCUT2D eigenvalue weighted by Gasteiger charge is 2.17. The second kappa shape index (κ2) is 5.80. The number of nitrogens with zero attached hydrogens (tertiary/aromatic N) is 2. The van der Waals surface area contributed by atoms with E-state index in [0.717, 1.165) is 23.0 Å². The van der Waals surface area contributed by atoms with Gasteiger partial charge in [0.05, 0.1) is 6.10 Å². The van der Waals surface area contributed by atoms with Gasteiger partial charge in [0.2, 0.25) is 0 Å². The number of benzene rings is 1. The average molecular weight is 274 g/mol. The van der Waals surface area contributed by atoms with Crippen LogP contribution in [0.1, 0.15) is 29.8 Å². The van der Waals surface area contributed by atoms with Crippen molar-refractivity contribution in [3.63, 3.8) is 0 Å². The fourth-order valence-electron chi connectivity index (χ4n) is 2.53. The predicted molar refractivity (Wildman–Crippen MR) is 77.4 cm³/mol. The molecule has 0 spiro atoms. The maximum Gasteiger partial charge on any atom is 0.148 e. The molecule has 2 aromatic rings. The van der Waals surface area contributed by atoms with Crippen molar-refractivity contribution < 1.29 is 4.74 Å². The van der Waals surface area contributed by atoms with Crippen LogP contribution >= 0.6 is 11.3 Å². The van der Waals surface area contributed by atoms with Gasteiger partial charge in [-0.05, 0) is 38.2 Å². The quantitative estimate of drug-likeness (QED) is 0.857. The standard InChI is InChI=1S/C15H18N2OS/c1-11-16-17-15(19-11)14-8-3-2-6-12(14)10-13-7-4-5-9-18-13/h2-3,6,8,13H,4-5,7,9-10H2,1H3/t13-/m1/s1. The molecule has 0 N–H and O–H groups in total.